The van der Waals surface area contributed by atoms with Gasteiger partial charge in [-0.2, -0.15) is 0 Å². The lowest BCUT2D eigenvalue weighted by Gasteiger charge is -2.22. The summed E-state index contributed by atoms with van der Waals surface area (Å²) in [4.78, 5) is 22.7. The molecule has 3 aromatic rings. The number of nitrogens with zero attached hydrogens (tertiary/aromatic N) is 1. The standard InChI is InChI=1S/C18H19F2N5O/c1-9-11(12-6-10(19)7-13(20)15(12)25-9)2-4-22-18(26)17-16-14(3-5-21-17)23-8-24-16/h6-8,17,21,25H,2-5H2,1H3,(H,22,26)(H,23,24). The van der Waals surface area contributed by atoms with E-state index in [1.165, 1.54) is 6.07 Å². The van der Waals surface area contributed by atoms with Gasteiger partial charge in [0.25, 0.3) is 0 Å². The van der Waals surface area contributed by atoms with Gasteiger partial charge in [-0.25, -0.2) is 13.8 Å². The molecule has 4 N–H and O–H groups in total. The first kappa shape index (κ1) is 16.7. The van der Waals surface area contributed by atoms with Gasteiger partial charge in [-0.1, -0.05) is 0 Å². The molecular formula is C18H19F2N5O. The number of hydrogen-bond acceptors (Lipinski definition) is 3. The van der Waals surface area contributed by atoms with E-state index in [4.69, 9.17) is 0 Å². The minimum absolute atomic E-state index is 0.159. The molecule has 1 aliphatic heterocycles. The molecule has 0 bridgehead atoms. The van der Waals surface area contributed by atoms with Gasteiger partial charge in [0.1, 0.15) is 17.7 Å². The summed E-state index contributed by atoms with van der Waals surface area (Å²) in [7, 11) is 0. The molecule has 0 radical (unpaired) electrons. The Hall–Kier alpha value is -2.74. The van der Waals surface area contributed by atoms with Gasteiger partial charge in [0.05, 0.1) is 17.5 Å². The summed E-state index contributed by atoms with van der Waals surface area (Å²) in [5.41, 5.74) is 3.56. The van der Waals surface area contributed by atoms with E-state index in [2.05, 4.69) is 25.6 Å². The first-order valence-corrected chi connectivity index (χ1v) is 8.54. The lowest BCUT2D eigenvalue weighted by molar-refractivity contribution is -0.123. The van der Waals surface area contributed by atoms with E-state index in [-0.39, 0.29) is 5.91 Å². The number of fused-ring (bicyclic) bond motifs is 2. The third kappa shape index (κ3) is 2.86. The molecule has 0 saturated carbocycles. The highest BCUT2D eigenvalue weighted by Crippen LogP contribution is 2.26. The molecule has 0 fully saturated rings. The highest BCUT2D eigenvalue weighted by Gasteiger charge is 2.28. The molecular weight excluding hydrogens is 340 g/mol. The fourth-order valence-electron chi connectivity index (χ4n) is 3.57. The van der Waals surface area contributed by atoms with Gasteiger partial charge in [0.2, 0.25) is 5.91 Å². The van der Waals surface area contributed by atoms with Crippen LogP contribution in [0.4, 0.5) is 8.78 Å². The number of halogens is 2. The summed E-state index contributed by atoms with van der Waals surface area (Å²) in [5, 5.41) is 6.56. The molecule has 0 spiro atoms. The Morgan fingerprint density at radius 1 is 1.38 bits per heavy atom. The zero-order valence-electron chi connectivity index (χ0n) is 14.2. The fourth-order valence-corrected chi connectivity index (χ4v) is 3.57. The van der Waals surface area contributed by atoms with Crippen LogP contribution in [0.25, 0.3) is 10.9 Å². The van der Waals surface area contributed by atoms with E-state index in [1.54, 1.807) is 6.33 Å². The number of carbonyl (C=O) groups excluding carboxylic acids is 1. The van der Waals surface area contributed by atoms with Gasteiger partial charge in [-0.05, 0) is 25.0 Å². The molecule has 1 amide bonds. The maximum Gasteiger partial charge on any atom is 0.243 e. The van der Waals surface area contributed by atoms with Crippen molar-refractivity contribution >= 4 is 16.8 Å². The van der Waals surface area contributed by atoms with Gasteiger partial charge in [0, 0.05) is 42.4 Å². The van der Waals surface area contributed by atoms with Gasteiger partial charge < -0.3 is 20.6 Å². The first-order chi connectivity index (χ1) is 12.5. The van der Waals surface area contributed by atoms with E-state index >= 15 is 0 Å². The van der Waals surface area contributed by atoms with Crippen LogP contribution in [0, 0.1) is 18.6 Å². The predicted octanol–water partition coefficient (Wildman–Crippen LogP) is 2.02. The maximum absolute atomic E-state index is 13.9. The van der Waals surface area contributed by atoms with Crippen LogP contribution in [0.15, 0.2) is 18.5 Å². The summed E-state index contributed by atoms with van der Waals surface area (Å²) in [6.45, 7) is 2.88. The number of rotatable bonds is 4. The number of aromatic amines is 2. The summed E-state index contributed by atoms with van der Waals surface area (Å²) >= 11 is 0. The van der Waals surface area contributed by atoms with Crippen molar-refractivity contribution in [1.82, 2.24) is 25.6 Å². The Morgan fingerprint density at radius 3 is 3.08 bits per heavy atom. The van der Waals surface area contributed by atoms with Crippen molar-refractivity contribution < 1.29 is 13.6 Å². The average molecular weight is 359 g/mol. The molecule has 136 valence electrons. The topological polar surface area (TPSA) is 85.6 Å². The SMILES string of the molecule is Cc1[nH]c2c(F)cc(F)cc2c1CCNC(=O)C1NCCc2[nH]cnc21. The molecule has 6 nitrogen and oxygen atoms in total. The number of benzene rings is 1. The quantitative estimate of drug-likeness (QED) is 0.575. The second-order valence-corrected chi connectivity index (χ2v) is 6.48. The number of imidazole rings is 1. The number of carbonyl (C=O) groups is 1. The van der Waals surface area contributed by atoms with Gasteiger partial charge in [-0.15, -0.1) is 0 Å². The normalized spacial score (nSPS) is 16.7. The minimum Gasteiger partial charge on any atom is -0.356 e. The Balaban J connectivity index is 1.47. The Kier molecular flexibility index (Phi) is 4.20. The first-order valence-electron chi connectivity index (χ1n) is 8.54. The molecule has 1 aromatic carbocycles. The van der Waals surface area contributed by atoms with Crippen molar-refractivity contribution in [3.05, 3.63) is 52.7 Å². The highest BCUT2D eigenvalue weighted by atomic mass is 19.1. The smallest absolute Gasteiger partial charge is 0.243 e. The van der Waals surface area contributed by atoms with E-state index in [1.807, 2.05) is 6.92 Å². The molecule has 4 rings (SSSR count). The number of aryl methyl sites for hydroxylation is 1. The molecule has 0 saturated heterocycles. The number of aromatic nitrogens is 3. The third-order valence-corrected chi connectivity index (χ3v) is 4.83. The lowest BCUT2D eigenvalue weighted by Crippen LogP contribution is -2.42. The van der Waals surface area contributed by atoms with Crippen LogP contribution in [0.5, 0.6) is 0 Å². The monoisotopic (exact) mass is 359 g/mol. The fraction of sp³-hybridized carbons (Fsp3) is 0.333. The minimum atomic E-state index is -0.615. The Labute approximate surface area is 148 Å². The van der Waals surface area contributed by atoms with Crippen molar-refractivity contribution in [2.45, 2.75) is 25.8 Å². The average Bonchev–Trinajstić information content (AvgIpc) is 3.20. The summed E-state index contributed by atoms with van der Waals surface area (Å²) in [5.74, 6) is -1.39. The van der Waals surface area contributed by atoms with Crippen LogP contribution in [0.3, 0.4) is 0 Å². The van der Waals surface area contributed by atoms with Crippen LogP contribution in [0.2, 0.25) is 0 Å². The van der Waals surface area contributed by atoms with Gasteiger partial charge in [0.15, 0.2) is 0 Å². The van der Waals surface area contributed by atoms with Crippen molar-refractivity contribution in [3.63, 3.8) is 0 Å². The van der Waals surface area contributed by atoms with E-state index in [9.17, 15) is 13.6 Å². The Morgan fingerprint density at radius 2 is 2.23 bits per heavy atom. The van der Waals surface area contributed by atoms with Crippen molar-refractivity contribution in [2.24, 2.45) is 0 Å². The number of hydrogen-bond donors (Lipinski definition) is 4. The molecule has 2 aromatic heterocycles. The van der Waals surface area contributed by atoms with Crippen LogP contribution >= 0.6 is 0 Å². The van der Waals surface area contributed by atoms with E-state index in [0.717, 1.165) is 35.1 Å². The lowest BCUT2D eigenvalue weighted by atomic mass is 10.0. The van der Waals surface area contributed by atoms with Crippen LogP contribution in [-0.4, -0.2) is 33.9 Å². The molecule has 0 aliphatic carbocycles. The van der Waals surface area contributed by atoms with E-state index in [0.29, 0.717) is 30.4 Å². The van der Waals surface area contributed by atoms with Crippen molar-refractivity contribution in [3.8, 4) is 0 Å². The molecule has 8 heteroatoms. The van der Waals surface area contributed by atoms with Crippen LogP contribution in [0.1, 0.15) is 28.7 Å². The third-order valence-electron chi connectivity index (χ3n) is 4.83. The van der Waals surface area contributed by atoms with Crippen molar-refractivity contribution in [2.75, 3.05) is 13.1 Å². The maximum atomic E-state index is 13.9. The van der Waals surface area contributed by atoms with Crippen LogP contribution < -0.4 is 10.6 Å². The molecule has 3 heterocycles. The van der Waals surface area contributed by atoms with E-state index < -0.39 is 17.7 Å². The molecule has 1 aliphatic rings. The van der Waals surface area contributed by atoms with Crippen LogP contribution in [-0.2, 0) is 17.6 Å². The number of nitrogens with one attached hydrogen (secondary N) is 4. The largest absolute Gasteiger partial charge is 0.356 e. The number of H-pyrrole nitrogens is 2. The second-order valence-electron chi connectivity index (χ2n) is 6.48. The summed E-state index contributed by atoms with van der Waals surface area (Å²) < 4.78 is 27.4. The van der Waals surface area contributed by atoms with Crippen molar-refractivity contribution in [1.29, 1.82) is 0 Å². The molecule has 26 heavy (non-hydrogen) atoms. The summed E-state index contributed by atoms with van der Waals surface area (Å²) in [6, 6.07) is 1.70. The molecule has 1 atom stereocenters. The zero-order chi connectivity index (χ0) is 18.3. The molecule has 1 unspecified atom stereocenters. The number of amides is 1. The highest BCUT2D eigenvalue weighted by molar-refractivity contribution is 5.86. The van der Waals surface area contributed by atoms with Gasteiger partial charge in [-0.3, -0.25) is 4.79 Å². The van der Waals surface area contributed by atoms with Gasteiger partial charge >= 0.3 is 0 Å². The Bertz CT molecular complexity index is 978. The zero-order valence-corrected chi connectivity index (χ0v) is 14.2. The second kappa shape index (κ2) is 6.53. The predicted molar refractivity (Wildman–Crippen MR) is 92.7 cm³/mol. The summed E-state index contributed by atoms with van der Waals surface area (Å²) in [6.07, 6.45) is 2.88.